The molecule has 1 unspecified atom stereocenters. The third kappa shape index (κ3) is 4.36. The summed E-state index contributed by atoms with van der Waals surface area (Å²) in [5.41, 5.74) is 0. The van der Waals surface area contributed by atoms with Crippen LogP contribution in [0.5, 0.6) is 5.75 Å². The van der Waals surface area contributed by atoms with Crippen LogP contribution in [-0.4, -0.2) is 19.2 Å². The van der Waals surface area contributed by atoms with Crippen LogP contribution < -0.4 is 10.1 Å². The molecular formula is C18H24ClNO. The molecule has 3 heteroatoms. The third-order valence-corrected chi connectivity index (χ3v) is 3.86. The minimum absolute atomic E-state index is 0.200. The number of hydrogen-bond acceptors (Lipinski definition) is 2. The number of fused-ring (bicyclic) bond motifs is 1. The normalized spacial score (nSPS) is 12.5. The van der Waals surface area contributed by atoms with Crippen molar-refractivity contribution in [3.8, 4) is 5.75 Å². The first-order valence-corrected chi connectivity index (χ1v) is 8.18. The zero-order valence-electron chi connectivity index (χ0n) is 12.9. The molecule has 2 rings (SSSR count). The van der Waals surface area contributed by atoms with Crippen LogP contribution in [0.15, 0.2) is 36.4 Å². The van der Waals surface area contributed by atoms with Gasteiger partial charge in [0.05, 0.1) is 0 Å². The number of benzene rings is 2. The molecule has 114 valence electrons. The summed E-state index contributed by atoms with van der Waals surface area (Å²) < 4.78 is 6.25. The lowest BCUT2D eigenvalue weighted by Crippen LogP contribution is -2.31. The van der Waals surface area contributed by atoms with Gasteiger partial charge in [-0.2, -0.15) is 0 Å². The number of rotatable bonds is 8. The van der Waals surface area contributed by atoms with Crippen LogP contribution in [0.3, 0.4) is 0 Å². The highest BCUT2D eigenvalue weighted by atomic mass is 35.5. The predicted molar refractivity (Wildman–Crippen MR) is 91.4 cm³/mol. The second-order valence-electron chi connectivity index (χ2n) is 5.32. The first-order chi connectivity index (χ1) is 10.3. The molecule has 0 spiro atoms. The van der Waals surface area contributed by atoms with Crippen LogP contribution in [0.2, 0.25) is 5.02 Å². The van der Waals surface area contributed by atoms with E-state index in [9.17, 15) is 0 Å². The standard InChI is InChI=1S/C18H24ClNO/c1-3-7-14(13-20-12-4-2)21-18-11-10-17(19)15-8-5-6-9-16(15)18/h5-6,8-11,14,20H,3-4,7,12-13H2,1-2H3. The molecule has 0 saturated heterocycles. The SMILES string of the molecule is CCCNCC(CCC)Oc1ccc(Cl)c2ccccc12. The maximum Gasteiger partial charge on any atom is 0.127 e. The molecule has 1 atom stereocenters. The smallest absolute Gasteiger partial charge is 0.127 e. The van der Waals surface area contributed by atoms with Gasteiger partial charge in [0, 0.05) is 22.3 Å². The average molecular weight is 306 g/mol. The fourth-order valence-electron chi connectivity index (χ4n) is 2.48. The summed E-state index contributed by atoms with van der Waals surface area (Å²) in [6.07, 6.45) is 3.51. The lowest BCUT2D eigenvalue weighted by Gasteiger charge is -2.20. The zero-order valence-corrected chi connectivity index (χ0v) is 13.6. The largest absolute Gasteiger partial charge is 0.488 e. The summed E-state index contributed by atoms with van der Waals surface area (Å²) >= 11 is 6.26. The fraction of sp³-hybridized carbons (Fsp3) is 0.444. The van der Waals surface area contributed by atoms with Crippen molar-refractivity contribution < 1.29 is 4.74 Å². The quantitative estimate of drug-likeness (QED) is 0.690. The molecule has 0 amide bonds. The van der Waals surface area contributed by atoms with Crippen molar-refractivity contribution in [3.05, 3.63) is 41.4 Å². The Labute approximate surface area is 132 Å². The van der Waals surface area contributed by atoms with Gasteiger partial charge in [-0.25, -0.2) is 0 Å². The molecule has 1 N–H and O–H groups in total. The van der Waals surface area contributed by atoms with E-state index in [1.807, 2.05) is 30.3 Å². The molecule has 0 aliphatic carbocycles. The Morgan fingerprint density at radius 3 is 2.52 bits per heavy atom. The van der Waals surface area contributed by atoms with E-state index in [0.29, 0.717) is 0 Å². The Balaban J connectivity index is 2.18. The molecular weight excluding hydrogens is 282 g/mol. The average Bonchev–Trinajstić information content (AvgIpc) is 2.51. The maximum absolute atomic E-state index is 6.26. The summed E-state index contributed by atoms with van der Waals surface area (Å²) in [6, 6.07) is 12.0. The Morgan fingerprint density at radius 1 is 1.05 bits per heavy atom. The van der Waals surface area contributed by atoms with E-state index in [4.69, 9.17) is 16.3 Å². The molecule has 21 heavy (non-hydrogen) atoms. The number of hydrogen-bond donors (Lipinski definition) is 1. The lowest BCUT2D eigenvalue weighted by atomic mass is 10.1. The van der Waals surface area contributed by atoms with Crippen LogP contribution in [0, 0.1) is 0 Å². The van der Waals surface area contributed by atoms with Crippen LogP contribution in [0.4, 0.5) is 0 Å². The van der Waals surface area contributed by atoms with Gasteiger partial charge >= 0.3 is 0 Å². The second-order valence-corrected chi connectivity index (χ2v) is 5.73. The van der Waals surface area contributed by atoms with E-state index in [1.54, 1.807) is 0 Å². The second kappa shape index (κ2) is 8.26. The first kappa shape index (κ1) is 16.1. The van der Waals surface area contributed by atoms with E-state index in [2.05, 4.69) is 25.2 Å². The van der Waals surface area contributed by atoms with Gasteiger partial charge in [0.1, 0.15) is 11.9 Å². The van der Waals surface area contributed by atoms with Gasteiger partial charge in [-0.3, -0.25) is 0 Å². The molecule has 0 aliphatic rings. The van der Waals surface area contributed by atoms with Gasteiger partial charge in [-0.1, -0.05) is 56.1 Å². The zero-order chi connectivity index (χ0) is 15.1. The minimum Gasteiger partial charge on any atom is -0.488 e. The van der Waals surface area contributed by atoms with Crippen LogP contribution in [0.25, 0.3) is 10.8 Å². The summed E-state index contributed by atoms with van der Waals surface area (Å²) in [5, 5.41) is 6.36. The molecule has 0 aromatic heterocycles. The molecule has 0 bridgehead atoms. The van der Waals surface area contributed by atoms with E-state index >= 15 is 0 Å². The van der Waals surface area contributed by atoms with Crippen molar-refractivity contribution in [1.82, 2.24) is 5.32 Å². The summed E-state index contributed by atoms with van der Waals surface area (Å²) in [5.74, 6) is 0.923. The highest BCUT2D eigenvalue weighted by Crippen LogP contribution is 2.32. The highest BCUT2D eigenvalue weighted by molar-refractivity contribution is 6.35. The molecule has 0 saturated carbocycles. The van der Waals surface area contributed by atoms with E-state index in [0.717, 1.165) is 53.9 Å². The predicted octanol–water partition coefficient (Wildman–Crippen LogP) is 5.04. The molecule has 0 heterocycles. The number of nitrogens with one attached hydrogen (secondary N) is 1. The monoisotopic (exact) mass is 305 g/mol. The van der Waals surface area contributed by atoms with Crippen LogP contribution in [-0.2, 0) is 0 Å². The van der Waals surface area contributed by atoms with Gasteiger partial charge in [0.25, 0.3) is 0 Å². The van der Waals surface area contributed by atoms with Crippen molar-refractivity contribution >= 4 is 22.4 Å². The highest BCUT2D eigenvalue weighted by Gasteiger charge is 2.12. The Morgan fingerprint density at radius 2 is 1.81 bits per heavy atom. The number of ether oxygens (including phenoxy) is 1. The fourth-order valence-corrected chi connectivity index (χ4v) is 2.71. The van der Waals surface area contributed by atoms with Crippen molar-refractivity contribution in [3.63, 3.8) is 0 Å². The maximum atomic E-state index is 6.26. The van der Waals surface area contributed by atoms with Gasteiger partial charge in [-0.15, -0.1) is 0 Å². The van der Waals surface area contributed by atoms with Gasteiger partial charge in [0.2, 0.25) is 0 Å². The van der Waals surface area contributed by atoms with Crippen molar-refractivity contribution in [2.75, 3.05) is 13.1 Å². The summed E-state index contributed by atoms with van der Waals surface area (Å²) in [4.78, 5) is 0. The molecule has 2 aromatic carbocycles. The van der Waals surface area contributed by atoms with Crippen molar-refractivity contribution in [2.24, 2.45) is 0 Å². The summed E-state index contributed by atoms with van der Waals surface area (Å²) in [7, 11) is 0. The molecule has 0 radical (unpaired) electrons. The van der Waals surface area contributed by atoms with E-state index in [-0.39, 0.29) is 6.10 Å². The van der Waals surface area contributed by atoms with E-state index < -0.39 is 0 Å². The van der Waals surface area contributed by atoms with Gasteiger partial charge < -0.3 is 10.1 Å². The molecule has 2 nitrogen and oxygen atoms in total. The van der Waals surface area contributed by atoms with Gasteiger partial charge in [0.15, 0.2) is 0 Å². The summed E-state index contributed by atoms with van der Waals surface area (Å²) in [6.45, 7) is 6.29. The molecule has 0 aliphatic heterocycles. The van der Waals surface area contributed by atoms with Gasteiger partial charge in [-0.05, 0) is 31.5 Å². The molecule has 2 aromatic rings. The van der Waals surface area contributed by atoms with Crippen molar-refractivity contribution in [2.45, 2.75) is 39.2 Å². The van der Waals surface area contributed by atoms with E-state index in [1.165, 1.54) is 0 Å². The Kier molecular flexibility index (Phi) is 6.34. The molecule has 0 fully saturated rings. The third-order valence-electron chi connectivity index (χ3n) is 3.53. The Bertz CT molecular complexity index is 570. The topological polar surface area (TPSA) is 21.3 Å². The van der Waals surface area contributed by atoms with Crippen LogP contribution in [0.1, 0.15) is 33.1 Å². The number of halogens is 1. The lowest BCUT2D eigenvalue weighted by molar-refractivity contribution is 0.189. The van der Waals surface area contributed by atoms with Crippen molar-refractivity contribution in [1.29, 1.82) is 0 Å². The Hall–Kier alpha value is -1.25. The van der Waals surface area contributed by atoms with Crippen LogP contribution >= 0.6 is 11.6 Å². The minimum atomic E-state index is 0.200. The first-order valence-electron chi connectivity index (χ1n) is 7.80.